The van der Waals surface area contributed by atoms with Gasteiger partial charge in [0.1, 0.15) is 0 Å². The van der Waals surface area contributed by atoms with Crippen molar-refractivity contribution >= 4 is 17.7 Å². The summed E-state index contributed by atoms with van der Waals surface area (Å²) in [5, 5.41) is 4.01. The summed E-state index contributed by atoms with van der Waals surface area (Å²) in [6, 6.07) is 8.49. The Bertz CT molecular complexity index is 653. The summed E-state index contributed by atoms with van der Waals surface area (Å²) in [5.41, 5.74) is 2.77. The van der Waals surface area contributed by atoms with E-state index in [1.54, 1.807) is 18.0 Å². The van der Waals surface area contributed by atoms with Crippen molar-refractivity contribution in [2.75, 3.05) is 12.3 Å². The molecule has 1 amide bonds. The average molecular weight is 315 g/mol. The van der Waals surface area contributed by atoms with E-state index in [1.165, 1.54) is 11.1 Å². The van der Waals surface area contributed by atoms with Gasteiger partial charge < -0.3 is 9.88 Å². The second-order valence-electron chi connectivity index (χ2n) is 5.66. The standard InChI is InChI=1S/C17H21N3OS/c1-20-10-8-19-17(20)22-11-9-18-16(21)12-14-7-6-13-4-2-3-5-15(13)14/h2-5,8,10,14H,6-7,9,11-12H2,1H3,(H,18,21)/t14-/m0/s1. The van der Waals surface area contributed by atoms with Crippen molar-refractivity contribution in [1.29, 1.82) is 0 Å². The summed E-state index contributed by atoms with van der Waals surface area (Å²) in [7, 11) is 1.98. The van der Waals surface area contributed by atoms with E-state index >= 15 is 0 Å². The zero-order chi connectivity index (χ0) is 15.4. The number of imidazole rings is 1. The van der Waals surface area contributed by atoms with Crippen LogP contribution in [0.25, 0.3) is 0 Å². The Morgan fingerprint density at radius 2 is 2.32 bits per heavy atom. The first-order valence-corrected chi connectivity index (χ1v) is 8.67. The molecule has 4 nitrogen and oxygen atoms in total. The van der Waals surface area contributed by atoms with Crippen LogP contribution in [0.4, 0.5) is 0 Å². The maximum atomic E-state index is 12.1. The quantitative estimate of drug-likeness (QED) is 0.658. The normalized spacial score (nSPS) is 16.5. The third kappa shape index (κ3) is 3.53. The number of carbonyl (C=O) groups is 1. The number of aromatic nitrogens is 2. The smallest absolute Gasteiger partial charge is 0.220 e. The summed E-state index contributed by atoms with van der Waals surface area (Å²) < 4.78 is 1.99. The number of nitrogens with zero attached hydrogens (tertiary/aromatic N) is 2. The fourth-order valence-electron chi connectivity index (χ4n) is 2.98. The lowest BCUT2D eigenvalue weighted by molar-refractivity contribution is -0.121. The summed E-state index contributed by atoms with van der Waals surface area (Å²) in [6.45, 7) is 0.685. The topological polar surface area (TPSA) is 46.9 Å². The molecular weight excluding hydrogens is 294 g/mol. The number of amides is 1. The maximum absolute atomic E-state index is 12.1. The molecule has 0 unspecified atom stereocenters. The van der Waals surface area contributed by atoms with Crippen LogP contribution in [-0.2, 0) is 18.3 Å². The number of thioether (sulfide) groups is 1. The highest BCUT2D eigenvalue weighted by atomic mass is 32.2. The molecule has 3 rings (SSSR count). The number of rotatable bonds is 6. The third-order valence-electron chi connectivity index (χ3n) is 4.12. The number of carbonyl (C=O) groups excluding carboxylic acids is 1. The highest BCUT2D eigenvalue weighted by Gasteiger charge is 2.23. The second-order valence-corrected chi connectivity index (χ2v) is 6.72. The zero-order valence-corrected chi connectivity index (χ0v) is 13.6. The number of aryl methyl sites for hydroxylation is 2. The SMILES string of the molecule is Cn1ccnc1SCCNC(=O)C[C@@H]1CCc2ccccc21. The third-order valence-corrected chi connectivity index (χ3v) is 5.18. The van der Waals surface area contributed by atoms with Crippen LogP contribution in [0.2, 0.25) is 0 Å². The lowest BCUT2D eigenvalue weighted by Crippen LogP contribution is -2.27. The van der Waals surface area contributed by atoms with Crippen molar-refractivity contribution in [3.63, 3.8) is 0 Å². The van der Waals surface area contributed by atoms with Gasteiger partial charge in [0.25, 0.3) is 0 Å². The number of hydrogen-bond acceptors (Lipinski definition) is 3. The van der Waals surface area contributed by atoms with E-state index in [1.807, 2.05) is 17.8 Å². The van der Waals surface area contributed by atoms with Crippen LogP contribution in [0, 0.1) is 0 Å². The van der Waals surface area contributed by atoms with Gasteiger partial charge in [-0.2, -0.15) is 0 Å². The Hall–Kier alpha value is -1.75. The van der Waals surface area contributed by atoms with Gasteiger partial charge in [0, 0.05) is 38.2 Å². The molecule has 0 aliphatic heterocycles. The van der Waals surface area contributed by atoms with Crippen molar-refractivity contribution in [2.45, 2.75) is 30.3 Å². The minimum atomic E-state index is 0.155. The summed E-state index contributed by atoms with van der Waals surface area (Å²) in [6.07, 6.45) is 6.51. The molecule has 0 radical (unpaired) electrons. The molecule has 1 atom stereocenters. The van der Waals surface area contributed by atoms with Gasteiger partial charge in [0.2, 0.25) is 5.91 Å². The first kappa shape index (κ1) is 15.2. The van der Waals surface area contributed by atoms with Gasteiger partial charge in [-0.15, -0.1) is 0 Å². The number of fused-ring (bicyclic) bond motifs is 1. The van der Waals surface area contributed by atoms with Crippen LogP contribution in [-0.4, -0.2) is 27.8 Å². The summed E-state index contributed by atoms with van der Waals surface area (Å²) in [5.74, 6) is 1.39. The Morgan fingerprint density at radius 3 is 3.14 bits per heavy atom. The van der Waals surface area contributed by atoms with Gasteiger partial charge in [-0.3, -0.25) is 4.79 Å². The lowest BCUT2D eigenvalue weighted by atomic mass is 9.97. The minimum Gasteiger partial charge on any atom is -0.355 e. The number of hydrogen-bond donors (Lipinski definition) is 1. The largest absolute Gasteiger partial charge is 0.355 e. The molecule has 0 saturated heterocycles. The van der Waals surface area contributed by atoms with Crippen LogP contribution in [0.5, 0.6) is 0 Å². The molecule has 1 aromatic carbocycles. The molecule has 2 aromatic rings. The lowest BCUT2D eigenvalue weighted by Gasteiger charge is -2.11. The molecule has 5 heteroatoms. The van der Waals surface area contributed by atoms with Crippen molar-refractivity contribution in [2.24, 2.45) is 7.05 Å². The van der Waals surface area contributed by atoms with Crippen molar-refractivity contribution < 1.29 is 4.79 Å². The highest BCUT2D eigenvalue weighted by molar-refractivity contribution is 7.99. The van der Waals surface area contributed by atoms with Gasteiger partial charge in [-0.1, -0.05) is 36.0 Å². The highest BCUT2D eigenvalue weighted by Crippen LogP contribution is 2.34. The molecule has 116 valence electrons. The molecular formula is C17H21N3OS. The molecule has 0 bridgehead atoms. The van der Waals surface area contributed by atoms with E-state index in [4.69, 9.17) is 0 Å². The van der Waals surface area contributed by atoms with Crippen LogP contribution >= 0.6 is 11.8 Å². The van der Waals surface area contributed by atoms with E-state index in [0.717, 1.165) is 23.8 Å². The van der Waals surface area contributed by atoms with Crippen LogP contribution in [0.3, 0.4) is 0 Å². The van der Waals surface area contributed by atoms with Crippen molar-refractivity contribution in [3.8, 4) is 0 Å². The molecule has 1 N–H and O–H groups in total. The minimum absolute atomic E-state index is 0.155. The number of nitrogens with one attached hydrogen (secondary N) is 1. The predicted octanol–water partition coefficient (Wildman–Crippen LogP) is 2.75. The van der Waals surface area contributed by atoms with Crippen LogP contribution < -0.4 is 5.32 Å². The van der Waals surface area contributed by atoms with E-state index in [-0.39, 0.29) is 5.91 Å². The zero-order valence-electron chi connectivity index (χ0n) is 12.8. The first-order chi connectivity index (χ1) is 10.7. The summed E-state index contributed by atoms with van der Waals surface area (Å²) >= 11 is 1.66. The molecule has 1 aromatic heterocycles. The molecule has 1 aliphatic carbocycles. The van der Waals surface area contributed by atoms with E-state index in [9.17, 15) is 4.79 Å². The Balaban J connectivity index is 1.41. The molecule has 0 saturated carbocycles. The van der Waals surface area contributed by atoms with Gasteiger partial charge in [-0.25, -0.2) is 4.98 Å². The van der Waals surface area contributed by atoms with E-state index in [0.29, 0.717) is 18.9 Å². The number of benzene rings is 1. The Morgan fingerprint density at radius 1 is 1.45 bits per heavy atom. The van der Waals surface area contributed by atoms with E-state index in [2.05, 4.69) is 34.6 Å². The summed E-state index contributed by atoms with van der Waals surface area (Å²) in [4.78, 5) is 16.3. The monoisotopic (exact) mass is 315 g/mol. The molecule has 1 heterocycles. The van der Waals surface area contributed by atoms with Gasteiger partial charge in [0.05, 0.1) is 0 Å². The Labute approximate surface area is 135 Å². The Kier molecular flexibility index (Phi) is 4.83. The van der Waals surface area contributed by atoms with Gasteiger partial charge >= 0.3 is 0 Å². The van der Waals surface area contributed by atoms with E-state index < -0.39 is 0 Å². The van der Waals surface area contributed by atoms with Gasteiger partial charge in [-0.05, 0) is 29.9 Å². The maximum Gasteiger partial charge on any atom is 0.220 e. The molecule has 0 spiro atoms. The molecule has 1 aliphatic rings. The molecule has 0 fully saturated rings. The van der Waals surface area contributed by atoms with Crippen LogP contribution in [0.15, 0.2) is 41.8 Å². The van der Waals surface area contributed by atoms with Crippen molar-refractivity contribution in [1.82, 2.24) is 14.9 Å². The fourth-order valence-corrected chi connectivity index (χ4v) is 3.76. The van der Waals surface area contributed by atoms with Crippen molar-refractivity contribution in [3.05, 3.63) is 47.8 Å². The second kappa shape index (κ2) is 7.01. The average Bonchev–Trinajstić information content (AvgIpc) is 3.11. The fraction of sp³-hybridized carbons (Fsp3) is 0.412. The van der Waals surface area contributed by atoms with Gasteiger partial charge in [0.15, 0.2) is 5.16 Å². The predicted molar refractivity (Wildman–Crippen MR) is 89.1 cm³/mol. The first-order valence-electron chi connectivity index (χ1n) is 7.68. The molecule has 22 heavy (non-hydrogen) atoms. The van der Waals surface area contributed by atoms with Crippen LogP contribution in [0.1, 0.15) is 29.9 Å².